The fraction of sp³-hybridized carbons (Fsp3) is 0.320. The molecule has 1 fully saturated rings. The summed E-state index contributed by atoms with van der Waals surface area (Å²) in [7, 11) is 0. The molecule has 1 aliphatic carbocycles. The second-order valence-corrected chi connectivity index (χ2v) is 8.82. The number of aliphatic carboxylic acids is 1. The van der Waals surface area contributed by atoms with Crippen LogP contribution >= 0.6 is 11.6 Å². The van der Waals surface area contributed by atoms with Crippen molar-refractivity contribution in [1.82, 2.24) is 15.6 Å². The summed E-state index contributed by atoms with van der Waals surface area (Å²) in [6.45, 7) is 0.558. The molecule has 8 nitrogen and oxygen atoms in total. The zero-order chi connectivity index (χ0) is 24.1. The zero-order valence-electron chi connectivity index (χ0n) is 18.5. The lowest BCUT2D eigenvalue weighted by atomic mass is 9.87. The number of nitrogens with one attached hydrogen (secondary N) is 3. The minimum Gasteiger partial charge on any atom is -0.490 e. The monoisotopic (exact) mass is 483 g/mol. The molecule has 1 heterocycles. The molecule has 3 aromatic rings. The van der Waals surface area contributed by atoms with E-state index in [0.717, 1.165) is 10.9 Å². The number of aromatic nitrogens is 1. The zero-order valence-corrected chi connectivity index (χ0v) is 19.2. The van der Waals surface area contributed by atoms with E-state index in [0.29, 0.717) is 47.7 Å². The first-order valence-corrected chi connectivity index (χ1v) is 11.6. The molecule has 4 N–H and O–H groups in total. The van der Waals surface area contributed by atoms with Crippen LogP contribution in [0, 0.1) is 5.92 Å². The fourth-order valence-electron chi connectivity index (χ4n) is 4.08. The van der Waals surface area contributed by atoms with Crippen LogP contribution in [0.1, 0.15) is 46.5 Å². The van der Waals surface area contributed by atoms with Gasteiger partial charge >= 0.3 is 5.97 Å². The minimum atomic E-state index is -0.739. The summed E-state index contributed by atoms with van der Waals surface area (Å²) < 4.78 is 5.93. The quantitative estimate of drug-likeness (QED) is 0.361. The number of rotatable bonds is 8. The van der Waals surface area contributed by atoms with Crippen molar-refractivity contribution in [2.45, 2.75) is 31.8 Å². The molecule has 9 heteroatoms. The molecule has 0 saturated heterocycles. The molecule has 0 bridgehead atoms. The SMILES string of the molecule is O=C(NCCNC(=O)c1cc2cc(Cl)ccc2[nH]1)c1ccc(OC2CCC(C(=O)O)CC2)cc1. The van der Waals surface area contributed by atoms with E-state index >= 15 is 0 Å². The third-order valence-electron chi connectivity index (χ3n) is 5.97. The molecule has 4 rings (SSSR count). The molecule has 0 radical (unpaired) electrons. The van der Waals surface area contributed by atoms with E-state index in [1.54, 1.807) is 42.5 Å². The summed E-state index contributed by atoms with van der Waals surface area (Å²) in [6, 6.07) is 13.9. The highest BCUT2D eigenvalue weighted by Gasteiger charge is 2.26. The summed E-state index contributed by atoms with van der Waals surface area (Å²) in [5.41, 5.74) is 1.74. The minimum absolute atomic E-state index is 0.00635. The van der Waals surface area contributed by atoms with Crippen molar-refractivity contribution in [3.63, 3.8) is 0 Å². The van der Waals surface area contributed by atoms with Gasteiger partial charge in [-0.3, -0.25) is 14.4 Å². The van der Waals surface area contributed by atoms with Crippen molar-refractivity contribution >= 4 is 40.3 Å². The van der Waals surface area contributed by atoms with Gasteiger partial charge in [-0.1, -0.05) is 11.6 Å². The van der Waals surface area contributed by atoms with Gasteiger partial charge in [0.2, 0.25) is 0 Å². The topological polar surface area (TPSA) is 121 Å². The highest BCUT2D eigenvalue weighted by Crippen LogP contribution is 2.28. The maximum absolute atomic E-state index is 12.4. The van der Waals surface area contributed by atoms with Gasteiger partial charge in [-0.2, -0.15) is 0 Å². The Morgan fingerprint density at radius 2 is 1.62 bits per heavy atom. The third-order valence-corrected chi connectivity index (χ3v) is 6.20. The van der Waals surface area contributed by atoms with Crippen LogP contribution in [0.3, 0.4) is 0 Å². The van der Waals surface area contributed by atoms with Gasteiger partial charge in [-0.05, 0) is 74.2 Å². The van der Waals surface area contributed by atoms with Crippen molar-refractivity contribution in [1.29, 1.82) is 0 Å². The Hall–Kier alpha value is -3.52. The van der Waals surface area contributed by atoms with E-state index in [1.807, 2.05) is 6.07 Å². The van der Waals surface area contributed by atoms with Crippen LogP contribution in [0.4, 0.5) is 0 Å². The Balaban J connectivity index is 1.19. The molecule has 1 saturated carbocycles. The first-order valence-electron chi connectivity index (χ1n) is 11.2. The number of ether oxygens (including phenoxy) is 1. The van der Waals surface area contributed by atoms with Crippen LogP contribution in [-0.2, 0) is 4.79 Å². The predicted molar refractivity (Wildman–Crippen MR) is 128 cm³/mol. The van der Waals surface area contributed by atoms with E-state index in [-0.39, 0.29) is 36.9 Å². The van der Waals surface area contributed by atoms with Crippen molar-refractivity contribution in [3.05, 3.63) is 64.8 Å². The molecular weight excluding hydrogens is 458 g/mol. The van der Waals surface area contributed by atoms with Gasteiger partial charge in [0.25, 0.3) is 11.8 Å². The molecule has 2 aromatic carbocycles. The lowest BCUT2D eigenvalue weighted by molar-refractivity contribution is -0.143. The Labute approximate surface area is 201 Å². The average molecular weight is 484 g/mol. The van der Waals surface area contributed by atoms with Crippen LogP contribution in [0.5, 0.6) is 5.75 Å². The van der Waals surface area contributed by atoms with Crippen LogP contribution in [0.25, 0.3) is 10.9 Å². The largest absolute Gasteiger partial charge is 0.490 e. The molecule has 2 amide bonds. The van der Waals surface area contributed by atoms with Crippen LogP contribution < -0.4 is 15.4 Å². The Morgan fingerprint density at radius 1 is 0.941 bits per heavy atom. The van der Waals surface area contributed by atoms with Crippen molar-refractivity contribution in [2.75, 3.05) is 13.1 Å². The second-order valence-electron chi connectivity index (χ2n) is 8.38. The number of hydrogen-bond donors (Lipinski definition) is 4. The van der Waals surface area contributed by atoms with E-state index in [1.165, 1.54) is 0 Å². The molecule has 0 atom stereocenters. The van der Waals surface area contributed by atoms with Crippen molar-refractivity contribution in [2.24, 2.45) is 5.92 Å². The maximum Gasteiger partial charge on any atom is 0.306 e. The first kappa shape index (κ1) is 23.6. The molecule has 1 aromatic heterocycles. The van der Waals surface area contributed by atoms with E-state index in [4.69, 9.17) is 21.4 Å². The van der Waals surface area contributed by atoms with Crippen LogP contribution in [0.2, 0.25) is 5.02 Å². The number of halogens is 1. The fourth-order valence-corrected chi connectivity index (χ4v) is 4.26. The number of hydrogen-bond acceptors (Lipinski definition) is 4. The van der Waals surface area contributed by atoms with Crippen LogP contribution in [0.15, 0.2) is 48.5 Å². The molecule has 1 aliphatic rings. The Morgan fingerprint density at radius 3 is 2.29 bits per heavy atom. The lowest BCUT2D eigenvalue weighted by Crippen LogP contribution is -2.34. The van der Waals surface area contributed by atoms with Crippen LogP contribution in [-0.4, -0.2) is 47.1 Å². The molecule has 0 unspecified atom stereocenters. The summed E-state index contributed by atoms with van der Waals surface area (Å²) in [6.07, 6.45) is 2.64. The number of fused-ring (bicyclic) bond motifs is 1. The Bertz CT molecular complexity index is 1180. The molecular formula is C25H26ClN3O5. The van der Waals surface area contributed by atoms with Crippen molar-refractivity contribution in [3.8, 4) is 5.75 Å². The first-order chi connectivity index (χ1) is 16.4. The number of benzene rings is 2. The third kappa shape index (κ3) is 5.88. The number of carbonyl (C=O) groups excluding carboxylic acids is 2. The van der Waals surface area contributed by atoms with Crippen molar-refractivity contribution < 1.29 is 24.2 Å². The summed E-state index contributed by atoms with van der Waals surface area (Å²) in [5.74, 6) is -0.875. The van der Waals surface area contributed by atoms with Gasteiger partial charge in [-0.25, -0.2) is 0 Å². The number of H-pyrrole nitrogens is 1. The molecule has 178 valence electrons. The number of carboxylic acids is 1. The molecule has 0 spiro atoms. The number of carbonyl (C=O) groups is 3. The summed E-state index contributed by atoms with van der Waals surface area (Å²) in [4.78, 5) is 38.8. The lowest BCUT2D eigenvalue weighted by Gasteiger charge is -2.26. The van der Waals surface area contributed by atoms with Gasteiger partial charge in [-0.15, -0.1) is 0 Å². The van der Waals surface area contributed by atoms with E-state index in [2.05, 4.69) is 15.6 Å². The highest BCUT2D eigenvalue weighted by atomic mass is 35.5. The van der Waals surface area contributed by atoms with E-state index in [9.17, 15) is 14.4 Å². The summed E-state index contributed by atoms with van der Waals surface area (Å²) in [5, 5.41) is 16.1. The number of carboxylic acid groups (broad SMARTS) is 1. The number of amides is 2. The van der Waals surface area contributed by atoms with Gasteiger partial charge in [0, 0.05) is 34.6 Å². The second kappa shape index (κ2) is 10.6. The highest BCUT2D eigenvalue weighted by molar-refractivity contribution is 6.31. The van der Waals surface area contributed by atoms with Gasteiger partial charge in [0.1, 0.15) is 11.4 Å². The van der Waals surface area contributed by atoms with Gasteiger partial charge in [0.15, 0.2) is 0 Å². The summed E-state index contributed by atoms with van der Waals surface area (Å²) >= 11 is 5.98. The molecule has 0 aliphatic heterocycles. The Kier molecular flexibility index (Phi) is 7.37. The maximum atomic E-state index is 12.4. The molecule has 34 heavy (non-hydrogen) atoms. The van der Waals surface area contributed by atoms with Gasteiger partial charge < -0.3 is 25.5 Å². The predicted octanol–water partition coefficient (Wildman–Crippen LogP) is 4.00. The van der Waals surface area contributed by atoms with Gasteiger partial charge in [0.05, 0.1) is 12.0 Å². The van der Waals surface area contributed by atoms with E-state index < -0.39 is 5.97 Å². The normalized spacial score (nSPS) is 17.8. The smallest absolute Gasteiger partial charge is 0.306 e. The number of aromatic amines is 1. The average Bonchev–Trinajstić information content (AvgIpc) is 3.26. The standard InChI is InChI=1S/C25H26ClN3O5/c26-18-5-10-21-17(13-18)14-22(29-21)24(31)28-12-11-27-23(30)15-1-6-19(7-2-15)34-20-8-3-16(4-9-20)25(32)33/h1-2,5-7,10,13-14,16,20,29H,3-4,8-9,11-12H2,(H,27,30)(H,28,31)(H,32,33).